The molecule has 162 valence electrons. The molecule has 2 aromatic carbocycles. The Bertz CT molecular complexity index is 984. The minimum absolute atomic E-state index is 0.137. The SMILES string of the molecule is CC1CCN(C(=O)CN(Cc2ccccc2)c2nc(Cc3ccc(F)cc3)ns2)CC1. The van der Waals surface area contributed by atoms with Crippen molar-refractivity contribution in [3.05, 3.63) is 77.4 Å². The number of piperidine rings is 1. The maximum atomic E-state index is 13.2. The average molecular weight is 439 g/mol. The van der Waals surface area contributed by atoms with E-state index >= 15 is 0 Å². The van der Waals surface area contributed by atoms with Gasteiger partial charge in [-0.3, -0.25) is 4.79 Å². The molecule has 7 heteroatoms. The molecule has 0 saturated carbocycles. The quantitative estimate of drug-likeness (QED) is 0.544. The second kappa shape index (κ2) is 10.0. The zero-order valence-corrected chi connectivity index (χ0v) is 18.5. The number of likely N-dealkylation sites (tertiary alicyclic amines) is 1. The van der Waals surface area contributed by atoms with Crippen LogP contribution in [-0.2, 0) is 17.8 Å². The zero-order valence-electron chi connectivity index (χ0n) is 17.7. The molecule has 1 aliphatic heterocycles. The van der Waals surface area contributed by atoms with Crippen LogP contribution in [-0.4, -0.2) is 39.8 Å². The third-order valence-electron chi connectivity index (χ3n) is 5.68. The van der Waals surface area contributed by atoms with E-state index in [1.165, 1.54) is 23.7 Å². The third-order valence-corrected chi connectivity index (χ3v) is 6.50. The average Bonchev–Trinajstić information content (AvgIpc) is 3.24. The number of benzene rings is 2. The molecule has 5 nitrogen and oxygen atoms in total. The van der Waals surface area contributed by atoms with Crippen LogP contribution in [0.1, 0.15) is 36.7 Å². The largest absolute Gasteiger partial charge is 0.341 e. The molecule has 2 heterocycles. The summed E-state index contributed by atoms with van der Waals surface area (Å²) in [6, 6.07) is 16.5. The Morgan fingerprint density at radius 3 is 2.52 bits per heavy atom. The molecule has 1 fully saturated rings. The van der Waals surface area contributed by atoms with Gasteiger partial charge in [-0.05, 0) is 42.0 Å². The highest BCUT2D eigenvalue weighted by Crippen LogP contribution is 2.23. The second-order valence-corrected chi connectivity index (χ2v) is 8.93. The highest BCUT2D eigenvalue weighted by atomic mass is 32.1. The molecule has 0 radical (unpaired) electrons. The van der Waals surface area contributed by atoms with Gasteiger partial charge >= 0.3 is 0 Å². The lowest BCUT2D eigenvalue weighted by Crippen LogP contribution is -2.43. The van der Waals surface area contributed by atoms with Crippen molar-refractivity contribution in [1.29, 1.82) is 0 Å². The molecule has 0 spiro atoms. The van der Waals surface area contributed by atoms with Gasteiger partial charge in [0.15, 0.2) is 0 Å². The first-order valence-electron chi connectivity index (χ1n) is 10.7. The van der Waals surface area contributed by atoms with Crippen molar-refractivity contribution >= 4 is 22.6 Å². The maximum Gasteiger partial charge on any atom is 0.242 e. The Kier molecular flexibility index (Phi) is 6.92. The van der Waals surface area contributed by atoms with Crippen molar-refractivity contribution < 1.29 is 9.18 Å². The van der Waals surface area contributed by atoms with Crippen molar-refractivity contribution in [3.8, 4) is 0 Å². The van der Waals surface area contributed by atoms with Gasteiger partial charge in [-0.1, -0.05) is 49.4 Å². The fraction of sp³-hybridized carbons (Fsp3) is 0.375. The molecule has 31 heavy (non-hydrogen) atoms. The summed E-state index contributed by atoms with van der Waals surface area (Å²) in [5.41, 5.74) is 2.08. The minimum atomic E-state index is -0.254. The summed E-state index contributed by atoms with van der Waals surface area (Å²) in [6.07, 6.45) is 2.66. The highest BCUT2D eigenvalue weighted by molar-refractivity contribution is 7.09. The summed E-state index contributed by atoms with van der Waals surface area (Å²) >= 11 is 1.31. The van der Waals surface area contributed by atoms with Crippen molar-refractivity contribution in [2.24, 2.45) is 5.92 Å². The first-order valence-corrected chi connectivity index (χ1v) is 11.5. The van der Waals surface area contributed by atoms with Crippen LogP contribution < -0.4 is 4.90 Å². The Balaban J connectivity index is 1.49. The number of anilines is 1. The number of amides is 1. The lowest BCUT2D eigenvalue weighted by molar-refractivity contribution is -0.131. The van der Waals surface area contributed by atoms with Gasteiger partial charge < -0.3 is 9.80 Å². The lowest BCUT2D eigenvalue weighted by Gasteiger charge is -2.32. The number of halogens is 1. The van der Waals surface area contributed by atoms with Gasteiger partial charge in [0.1, 0.15) is 11.6 Å². The summed E-state index contributed by atoms with van der Waals surface area (Å²) in [6.45, 7) is 4.78. The lowest BCUT2D eigenvalue weighted by atomic mass is 9.99. The van der Waals surface area contributed by atoms with Crippen molar-refractivity contribution in [3.63, 3.8) is 0 Å². The van der Waals surface area contributed by atoms with Gasteiger partial charge in [-0.2, -0.15) is 4.37 Å². The van der Waals surface area contributed by atoms with Gasteiger partial charge in [0.2, 0.25) is 11.0 Å². The summed E-state index contributed by atoms with van der Waals surface area (Å²) in [7, 11) is 0. The van der Waals surface area contributed by atoms with E-state index in [4.69, 9.17) is 4.98 Å². The van der Waals surface area contributed by atoms with E-state index in [0.717, 1.165) is 42.2 Å². The van der Waals surface area contributed by atoms with E-state index in [-0.39, 0.29) is 18.3 Å². The van der Waals surface area contributed by atoms with E-state index in [2.05, 4.69) is 23.4 Å². The molecule has 1 aromatic heterocycles. The molecular weight excluding hydrogens is 411 g/mol. The fourth-order valence-corrected chi connectivity index (χ4v) is 4.43. The van der Waals surface area contributed by atoms with Crippen LogP contribution >= 0.6 is 11.5 Å². The van der Waals surface area contributed by atoms with Crippen LogP contribution in [0.15, 0.2) is 54.6 Å². The predicted octanol–water partition coefficient (Wildman–Crippen LogP) is 4.53. The molecule has 0 bridgehead atoms. The summed E-state index contributed by atoms with van der Waals surface area (Å²) in [5, 5.41) is 0.736. The molecule has 3 aromatic rings. The van der Waals surface area contributed by atoms with Crippen LogP contribution in [0.4, 0.5) is 9.52 Å². The molecule has 1 aliphatic rings. The standard InChI is InChI=1S/C24H27FN4OS/c1-18-11-13-28(14-12-18)23(30)17-29(16-20-5-3-2-4-6-20)24-26-22(27-31-24)15-19-7-9-21(25)10-8-19/h2-10,18H,11-17H2,1H3. The number of hydrogen-bond donors (Lipinski definition) is 0. The van der Waals surface area contributed by atoms with Crippen LogP contribution in [0.2, 0.25) is 0 Å². The van der Waals surface area contributed by atoms with E-state index in [1.807, 2.05) is 28.0 Å². The van der Waals surface area contributed by atoms with Crippen molar-refractivity contribution in [2.75, 3.05) is 24.5 Å². The number of nitrogens with zero attached hydrogens (tertiary/aromatic N) is 4. The zero-order chi connectivity index (χ0) is 21.6. The van der Waals surface area contributed by atoms with Crippen LogP contribution in [0.5, 0.6) is 0 Å². The topological polar surface area (TPSA) is 49.3 Å². The van der Waals surface area contributed by atoms with Crippen LogP contribution in [0, 0.1) is 11.7 Å². The highest BCUT2D eigenvalue weighted by Gasteiger charge is 2.24. The van der Waals surface area contributed by atoms with Gasteiger partial charge in [-0.25, -0.2) is 9.37 Å². The minimum Gasteiger partial charge on any atom is -0.341 e. The first-order chi connectivity index (χ1) is 15.1. The van der Waals surface area contributed by atoms with E-state index in [9.17, 15) is 9.18 Å². The monoisotopic (exact) mass is 438 g/mol. The van der Waals surface area contributed by atoms with E-state index in [1.54, 1.807) is 12.1 Å². The molecule has 0 atom stereocenters. The molecule has 0 N–H and O–H groups in total. The Hall–Kier alpha value is -2.80. The predicted molar refractivity (Wildman–Crippen MR) is 122 cm³/mol. The summed E-state index contributed by atoms with van der Waals surface area (Å²) in [4.78, 5) is 21.7. The van der Waals surface area contributed by atoms with Crippen LogP contribution in [0.3, 0.4) is 0 Å². The normalized spacial score (nSPS) is 14.6. The van der Waals surface area contributed by atoms with Crippen molar-refractivity contribution in [1.82, 2.24) is 14.3 Å². The van der Waals surface area contributed by atoms with Gasteiger partial charge in [0.25, 0.3) is 0 Å². The number of carbonyl (C=O) groups is 1. The summed E-state index contributed by atoms with van der Waals surface area (Å²) < 4.78 is 17.7. The molecule has 1 amide bonds. The number of carbonyl (C=O) groups excluding carboxylic acids is 1. The van der Waals surface area contributed by atoms with E-state index < -0.39 is 0 Å². The Morgan fingerprint density at radius 1 is 1.10 bits per heavy atom. The van der Waals surface area contributed by atoms with Crippen molar-refractivity contribution in [2.45, 2.75) is 32.7 Å². The van der Waals surface area contributed by atoms with Gasteiger partial charge in [0.05, 0.1) is 6.54 Å². The number of rotatable bonds is 7. The molecule has 0 unspecified atom stereocenters. The Labute approximate surface area is 186 Å². The summed E-state index contributed by atoms with van der Waals surface area (Å²) in [5.74, 6) is 1.25. The number of hydrogen-bond acceptors (Lipinski definition) is 5. The first kappa shape index (κ1) is 21.4. The van der Waals surface area contributed by atoms with Crippen LogP contribution in [0.25, 0.3) is 0 Å². The fourth-order valence-electron chi connectivity index (χ4n) is 3.75. The molecule has 4 rings (SSSR count). The van der Waals surface area contributed by atoms with Gasteiger partial charge in [-0.15, -0.1) is 0 Å². The smallest absolute Gasteiger partial charge is 0.242 e. The molecule has 0 aliphatic carbocycles. The maximum absolute atomic E-state index is 13.2. The molecule has 1 saturated heterocycles. The van der Waals surface area contributed by atoms with E-state index in [0.29, 0.717) is 24.7 Å². The second-order valence-electron chi connectivity index (χ2n) is 8.20. The Morgan fingerprint density at radius 2 is 1.81 bits per heavy atom. The number of aromatic nitrogens is 2. The molecular formula is C24H27FN4OS. The van der Waals surface area contributed by atoms with Gasteiger partial charge in [0, 0.05) is 37.6 Å². The third kappa shape index (κ3) is 5.88.